The number of nitrogens with zero attached hydrogens (tertiary/aromatic N) is 2. The number of hydrogen-bond donors (Lipinski definition) is 5. The van der Waals surface area contributed by atoms with Gasteiger partial charge in [0.25, 0.3) is 5.91 Å². The summed E-state index contributed by atoms with van der Waals surface area (Å²) in [6.45, 7) is 0. The summed E-state index contributed by atoms with van der Waals surface area (Å²) in [5.41, 5.74) is 3.23. The number of hydrogen-bond acceptors (Lipinski definition) is 5. The van der Waals surface area contributed by atoms with Gasteiger partial charge in [0.2, 0.25) is 17.8 Å². The van der Waals surface area contributed by atoms with E-state index in [1.54, 1.807) is 24.3 Å². The molecule has 4 aromatic rings. The van der Waals surface area contributed by atoms with Crippen molar-refractivity contribution in [2.75, 3.05) is 10.6 Å². The fourth-order valence-corrected chi connectivity index (χ4v) is 4.23. The third-order valence-electron chi connectivity index (χ3n) is 6.03. The van der Waals surface area contributed by atoms with Crippen molar-refractivity contribution in [3.8, 4) is 0 Å². The molecule has 0 fully saturated rings. The minimum Gasteiger partial charge on any atom is -0.361 e. The lowest BCUT2D eigenvalue weighted by Crippen LogP contribution is -2.41. The van der Waals surface area contributed by atoms with Gasteiger partial charge in [0.1, 0.15) is 11.9 Å². The van der Waals surface area contributed by atoms with Crippen molar-refractivity contribution in [3.05, 3.63) is 71.7 Å². The highest BCUT2D eigenvalue weighted by Gasteiger charge is 2.28. The van der Waals surface area contributed by atoms with E-state index in [-0.39, 0.29) is 36.5 Å². The topological polar surface area (TPSA) is 145 Å². The maximum absolute atomic E-state index is 12.5. The number of carbonyl (C=O) groups is 3. The largest absolute Gasteiger partial charge is 0.361 e. The molecule has 0 bridgehead atoms. The first-order valence-electron chi connectivity index (χ1n) is 11.5. The molecule has 0 saturated heterocycles. The van der Waals surface area contributed by atoms with Gasteiger partial charge in [-0.05, 0) is 43.0 Å². The lowest BCUT2D eigenvalue weighted by atomic mass is 10.1. The Labute approximate surface area is 200 Å². The molecule has 5 rings (SSSR count). The zero-order valence-electron chi connectivity index (χ0n) is 18.9. The molecule has 1 unspecified atom stereocenters. The Bertz CT molecular complexity index is 1390. The first kappa shape index (κ1) is 22.3. The van der Waals surface area contributed by atoms with E-state index >= 15 is 0 Å². The Balaban J connectivity index is 1.09. The van der Waals surface area contributed by atoms with Crippen LogP contribution in [-0.4, -0.2) is 43.9 Å². The molecule has 0 spiro atoms. The van der Waals surface area contributed by atoms with Crippen molar-refractivity contribution in [3.63, 3.8) is 0 Å². The molecule has 0 radical (unpaired) electrons. The number of rotatable bonds is 8. The average Bonchev–Trinajstić information content (AvgIpc) is 3.46. The van der Waals surface area contributed by atoms with Crippen molar-refractivity contribution in [1.29, 1.82) is 0 Å². The average molecular weight is 472 g/mol. The first-order valence-corrected chi connectivity index (χ1v) is 11.5. The van der Waals surface area contributed by atoms with Crippen LogP contribution in [0.1, 0.15) is 41.0 Å². The maximum atomic E-state index is 12.5. The van der Waals surface area contributed by atoms with E-state index in [4.69, 9.17) is 0 Å². The Hall–Kier alpha value is -4.47. The van der Waals surface area contributed by atoms with Crippen molar-refractivity contribution >= 4 is 40.3 Å². The standard InChI is InChI=1S/C25H25N7O3/c33-22(13-12-20-24(35)27-19-10-4-2-8-17(19)23(34)28-20)30-25-29-21(31-32-25)11-5-6-15-14-26-18-9-3-1-7-16(15)18/h1-4,7-10,14,20,26H,5-6,11-13H2,(H,27,35)(H,28,34)(H2,29,30,31,32,33). The van der Waals surface area contributed by atoms with Gasteiger partial charge in [0.15, 0.2) is 0 Å². The number of para-hydroxylation sites is 2. The summed E-state index contributed by atoms with van der Waals surface area (Å²) < 4.78 is 0. The lowest BCUT2D eigenvalue weighted by molar-refractivity contribution is -0.118. The maximum Gasteiger partial charge on any atom is 0.254 e. The van der Waals surface area contributed by atoms with Gasteiger partial charge in [-0.25, -0.2) is 0 Å². The van der Waals surface area contributed by atoms with Crippen molar-refractivity contribution in [2.45, 2.75) is 38.1 Å². The van der Waals surface area contributed by atoms with E-state index in [1.165, 1.54) is 10.9 Å². The summed E-state index contributed by atoms with van der Waals surface area (Å²) >= 11 is 0. The van der Waals surface area contributed by atoms with Crippen molar-refractivity contribution < 1.29 is 14.4 Å². The van der Waals surface area contributed by atoms with Crippen LogP contribution in [0.2, 0.25) is 0 Å². The second-order valence-corrected chi connectivity index (χ2v) is 8.47. The zero-order valence-corrected chi connectivity index (χ0v) is 18.9. The van der Waals surface area contributed by atoms with Gasteiger partial charge in [0.05, 0.1) is 11.3 Å². The van der Waals surface area contributed by atoms with Crippen molar-refractivity contribution in [2.24, 2.45) is 0 Å². The van der Waals surface area contributed by atoms with Gasteiger partial charge in [-0.2, -0.15) is 4.98 Å². The predicted octanol–water partition coefficient (Wildman–Crippen LogP) is 2.93. The minimum atomic E-state index is -0.812. The molecule has 3 heterocycles. The van der Waals surface area contributed by atoms with Crippen LogP contribution >= 0.6 is 0 Å². The summed E-state index contributed by atoms with van der Waals surface area (Å²) in [5.74, 6) is -0.160. The van der Waals surface area contributed by atoms with Gasteiger partial charge < -0.3 is 15.6 Å². The molecule has 10 nitrogen and oxygen atoms in total. The van der Waals surface area contributed by atoms with Crippen LogP contribution in [0.15, 0.2) is 54.7 Å². The number of fused-ring (bicyclic) bond motifs is 2. The third-order valence-corrected chi connectivity index (χ3v) is 6.03. The molecule has 2 aromatic carbocycles. The summed E-state index contributed by atoms with van der Waals surface area (Å²) in [5, 5.41) is 16.2. The molecular formula is C25H25N7O3. The lowest BCUT2D eigenvalue weighted by Gasteiger charge is -2.13. The molecular weight excluding hydrogens is 446 g/mol. The highest BCUT2D eigenvalue weighted by atomic mass is 16.2. The first-order chi connectivity index (χ1) is 17.1. The van der Waals surface area contributed by atoms with Gasteiger partial charge in [-0.1, -0.05) is 30.3 Å². The van der Waals surface area contributed by atoms with Crippen LogP contribution in [0.25, 0.3) is 10.9 Å². The number of nitrogens with one attached hydrogen (secondary N) is 5. The van der Waals surface area contributed by atoms with E-state index in [9.17, 15) is 14.4 Å². The summed E-state index contributed by atoms with van der Waals surface area (Å²) in [7, 11) is 0. The SMILES string of the molecule is O=C(CCC1NC(=O)c2ccccc2NC1=O)Nc1n[nH]c(CCCc2c[nH]c3ccccc23)n1. The summed E-state index contributed by atoms with van der Waals surface area (Å²) in [6, 6.07) is 14.2. The van der Waals surface area contributed by atoms with Crippen LogP contribution in [0.5, 0.6) is 0 Å². The van der Waals surface area contributed by atoms with Gasteiger partial charge >= 0.3 is 0 Å². The molecule has 178 valence electrons. The predicted molar refractivity (Wildman–Crippen MR) is 131 cm³/mol. The Morgan fingerprint density at radius 1 is 1.03 bits per heavy atom. The Morgan fingerprint density at radius 3 is 2.77 bits per heavy atom. The molecule has 2 aromatic heterocycles. The monoisotopic (exact) mass is 471 g/mol. The fraction of sp³-hybridized carbons (Fsp3) is 0.240. The van der Waals surface area contributed by atoms with E-state index in [1.807, 2.05) is 18.3 Å². The molecule has 1 atom stereocenters. The number of benzene rings is 2. The Morgan fingerprint density at radius 2 is 1.86 bits per heavy atom. The van der Waals surface area contributed by atoms with Gasteiger partial charge in [-0.15, -0.1) is 5.10 Å². The van der Waals surface area contributed by atoms with Crippen LogP contribution in [0.3, 0.4) is 0 Å². The summed E-state index contributed by atoms with van der Waals surface area (Å²) in [4.78, 5) is 44.9. The normalized spacial score (nSPS) is 15.3. The molecule has 0 saturated carbocycles. The third kappa shape index (κ3) is 5.06. The summed E-state index contributed by atoms with van der Waals surface area (Å²) in [6.07, 6.45) is 4.68. The number of aromatic nitrogens is 4. The van der Waals surface area contributed by atoms with Crippen LogP contribution < -0.4 is 16.0 Å². The number of amides is 3. The van der Waals surface area contributed by atoms with Crippen LogP contribution in [-0.2, 0) is 22.4 Å². The van der Waals surface area contributed by atoms with E-state index in [0.717, 1.165) is 18.4 Å². The van der Waals surface area contributed by atoms with Crippen molar-refractivity contribution in [1.82, 2.24) is 25.5 Å². The zero-order chi connectivity index (χ0) is 24.2. The fourth-order valence-electron chi connectivity index (χ4n) is 4.23. The number of anilines is 2. The molecule has 10 heteroatoms. The Kier molecular flexibility index (Phi) is 6.25. The highest BCUT2D eigenvalue weighted by molar-refractivity contribution is 6.09. The van der Waals surface area contributed by atoms with Crippen LogP contribution in [0.4, 0.5) is 11.6 Å². The van der Waals surface area contributed by atoms with E-state index in [2.05, 4.69) is 48.2 Å². The smallest absolute Gasteiger partial charge is 0.254 e. The molecule has 0 aliphatic carbocycles. The molecule has 5 N–H and O–H groups in total. The van der Waals surface area contributed by atoms with E-state index < -0.39 is 6.04 Å². The van der Waals surface area contributed by atoms with Gasteiger partial charge in [-0.3, -0.25) is 24.8 Å². The van der Waals surface area contributed by atoms with Gasteiger partial charge in [0, 0.05) is 29.9 Å². The molecule has 1 aliphatic heterocycles. The molecule has 1 aliphatic rings. The number of aryl methyl sites for hydroxylation is 2. The molecule has 35 heavy (non-hydrogen) atoms. The highest BCUT2D eigenvalue weighted by Crippen LogP contribution is 2.20. The minimum absolute atomic E-state index is 0.0269. The number of H-pyrrole nitrogens is 2. The number of aromatic amines is 2. The second-order valence-electron chi connectivity index (χ2n) is 8.47. The van der Waals surface area contributed by atoms with E-state index in [0.29, 0.717) is 23.5 Å². The number of carbonyl (C=O) groups excluding carboxylic acids is 3. The second kappa shape index (κ2) is 9.80. The molecule has 3 amide bonds. The quantitative estimate of drug-likeness (QED) is 0.268. The van der Waals surface area contributed by atoms with Crippen LogP contribution in [0, 0.1) is 0 Å².